The number of fused-ring (bicyclic) bond motifs is 1. The van der Waals surface area contributed by atoms with Crippen molar-refractivity contribution in [3.63, 3.8) is 0 Å². The fraction of sp³-hybridized carbons (Fsp3) is 0.286. The lowest BCUT2D eigenvalue weighted by molar-refractivity contribution is 0.0943. The first-order chi connectivity index (χ1) is 13.8. The lowest BCUT2D eigenvalue weighted by Crippen LogP contribution is -2.31. The zero-order chi connectivity index (χ0) is 21.0. The van der Waals surface area contributed by atoms with E-state index in [1.807, 2.05) is 24.5 Å². The van der Waals surface area contributed by atoms with Crippen LogP contribution in [0.2, 0.25) is 0 Å². The lowest BCUT2D eigenvalue weighted by Gasteiger charge is -2.10. The fourth-order valence-corrected chi connectivity index (χ4v) is 2.86. The summed E-state index contributed by atoms with van der Waals surface area (Å²) < 4.78 is 15.4. The summed E-state index contributed by atoms with van der Waals surface area (Å²) >= 11 is 0. The van der Waals surface area contributed by atoms with Gasteiger partial charge in [0, 0.05) is 30.4 Å². The number of urea groups is 1. The molecule has 1 heterocycles. The minimum atomic E-state index is -0.412. The number of nitrogens with zero attached hydrogens (tertiary/aromatic N) is 2. The molecule has 29 heavy (non-hydrogen) atoms. The summed E-state index contributed by atoms with van der Waals surface area (Å²) in [6.07, 6.45) is 1.67. The molecule has 0 saturated heterocycles. The number of aryl methyl sites for hydroxylation is 1. The molecule has 3 rings (SSSR count). The van der Waals surface area contributed by atoms with Crippen LogP contribution in [-0.4, -0.2) is 34.1 Å². The Balaban J connectivity index is 1.57. The van der Waals surface area contributed by atoms with Gasteiger partial charge in [-0.15, -0.1) is 0 Å². The smallest absolute Gasteiger partial charge is 0.319 e. The van der Waals surface area contributed by atoms with Crippen LogP contribution >= 0.6 is 0 Å². The Kier molecular flexibility index (Phi) is 6.11. The Hall–Kier alpha value is -3.42. The van der Waals surface area contributed by atoms with E-state index in [0.717, 1.165) is 5.52 Å². The van der Waals surface area contributed by atoms with Crippen LogP contribution in [0.5, 0.6) is 0 Å². The average Bonchev–Trinajstić information content (AvgIpc) is 3.06. The highest BCUT2D eigenvalue weighted by molar-refractivity contribution is 5.97. The number of hydrogen-bond donors (Lipinski definition) is 3. The van der Waals surface area contributed by atoms with Crippen molar-refractivity contribution in [2.24, 2.45) is 0 Å². The fourth-order valence-electron chi connectivity index (χ4n) is 2.86. The molecule has 0 aliphatic carbocycles. The van der Waals surface area contributed by atoms with Crippen molar-refractivity contribution in [2.75, 3.05) is 11.9 Å². The van der Waals surface area contributed by atoms with Crippen LogP contribution in [0, 0.1) is 12.7 Å². The molecule has 8 heteroatoms. The highest BCUT2D eigenvalue weighted by Crippen LogP contribution is 2.15. The summed E-state index contributed by atoms with van der Waals surface area (Å²) in [6, 6.07) is 9.53. The van der Waals surface area contributed by atoms with Crippen molar-refractivity contribution < 1.29 is 14.0 Å². The third-order valence-corrected chi connectivity index (χ3v) is 4.37. The van der Waals surface area contributed by atoms with Crippen LogP contribution in [0.1, 0.15) is 29.8 Å². The summed E-state index contributed by atoms with van der Waals surface area (Å²) in [6.45, 7) is 6.34. The van der Waals surface area contributed by atoms with E-state index in [0.29, 0.717) is 35.4 Å². The van der Waals surface area contributed by atoms with Crippen molar-refractivity contribution in [3.8, 4) is 0 Å². The number of carbonyl (C=O) groups excluding carboxylic acids is 2. The third kappa shape index (κ3) is 5.10. The van der Waals surface area contributed by atoms with Gasteiger partial charge in [0.15, 0.2) is 0 Å². The number of benzene rings is 2. The molecule has 0 saturated carbocycles. The number of nitrogens with one attached hydrogen (secondary N) is 3. The maximum atomic E-state index is 13.5. The molecule has 3 amide bonds. The maximum absolute atomic E-state index is 13.5. The predicted molar refractivity (Wildman–Crippen MR) is 110 cm³/mol. The number of rotatable bonds is 6. The average molecular weight is 397 g/mol. The normalized spacial score (nSPS) is 10.9. The van der Waals surface area contributed by atoms with Crippen LogP contribution in [0.25, 0.3) is 11.0 Å². The van der Waals surface area contributed by atoms with Crippen LogP contribution in [-0.2, 0) is 6.54 Å². The van der Waals surface area contributed by atoms with Crippen LogP contribution < -0.4 is 16.0 Å². The van der Waals surface area contributed by atoms with Crippen molar-refractivity contribution in [1.29, 1.82) is 0 Å². The summed E-state index contributed by atoms with van der Waals surface area (Å²) in [7, 11) is 0. The number of hydrogen-bond acceptors (Lipinski definition) is 3. The summed E-state index contributed by atoms with van der Waals surface area (Å²) in [5, 5.41) is 8.19. The molecule has 0 aliphatic rings. The van der Waals surface area contributed by atoms with Crippen LogP contribution in [0.4, 0.5) is 14.9 Å². The molecule has 3 N–H and O–H groups in total. The van der Waals surface area contributed by atoms with Crippen molar-refractivity contribution in [2.45, 2.75) is 33.4 Å². The highest BCUT2D eigenvalue weighted by atomic mass is 19.1. The van der Waals surface area contributed by atoms with Crippen molar-refractivity contribution >= 4 is 28.7 Å². The van der Waals surface area contributed by atoms with E-state index in [2.05, 4.69) is 20.9 Å². The van der Waals surface area contributed by atoms with Gasteiger partial charge in [0.25, 0.3) is 5.91 Å². The largest absolute Gasteiger partial charge is 0.350 e. The predicted octanol–water partition coefficient (Wildman–Crippen LogP) is 3.44. The van der Waals surface area contributed by atoms with Gasteiger partial charge in [-0.25, -0.2) is 14.2 Å². The molecule has 0 fully saturated rings. The molecule has 0 radical (unpaired) electrons. The first-order valence-corrected chi connectivity index (χ1v) is 9.40. The SMILES string of the molecule is Cc1ccc(NC(=O)NCCn2cnc3cc(C(=O)NC(C)C)ccc32)cc1F. The lowest BCUT2D eigenvalue weighted by atomic mass is 10.2. The van der Waals surface area contributed by atoms with E-state index < -0.39 is 6.03 Å². The molecule has 0 unspecified atom stereocenters. The maximum Gasteiger partial charge on any atom is 0.319 e. The van der Waals surface area contributed by atoms with Gasteiger partial charge in [-0.1, -0.05) is 6.07 Å². The van der Waals surface area contributed by atoms with Gasteiger partial charge in [-0.05, 0) is 56.7 Å². The first kappa shape index (κ1) is 20.3. The molecule has 0 atom stereocenters. The van der Waals surface area contributed by atoms with Crippen LogP contribution in [0.15, 0.2) is 42.7 Å². The Morgan fingerprint density at radius 3 is 2.69 bits per heavy atom. The summed E-state index contributed by atoms with van der Waals surface area (Å²) in [5.41, 5.74) is 3.05. The molecule has 0 bridgehead atoms. The number of anilines is 1. The zero-order valence-corrected chi connectivity index (χ0v) is 16.6. The van der Waals surface area contributed by atoms with Gasteiger partial charge < -0.3 is 20.5 Å². The van der Waals surface area contributed by atoms with Gasteiger partial charge in [0.1, 0.15) is 5.82 Å². The van der Waals surface area contributed by atoms with E-state index in [9.17, 15) is 14.0 Å². The number of aromatic nitrogens is 2. The summed E-state index contributed by atoms with van der Waals surface area (Å²) in [4.78, 5) is 28.5. The van der Waals surface area contributed by atoms with Gasteiger partial charge in [-0.3, -0.25) is 4.79 Å². The molecule has 7 nitrogen and oxygen atoms in total. The van der Waals surface area contributed by atoms with E-state index in [-0.39, 0.29) is 17.8 Å². The number of imidazole rings is 1. The second-order valence-electron chi connectivity index (χ2n) is 7.11. The standard InChI is InChI=1S/C21H24FN5O2/c1-13(2)25-20(28)15-5-7-19-18(10-15)24-12-27(19)9-8-23-21(29)26-16-6-4-14(3)17(22)11-16/h4-7,10-13H,8-9H2,1-3H3,(H,25,28)(H2,23,26,29). The second kappa shape index (κ2) is 8.72. The molecule has 3 aromatic rings. The van der Waals surface area contributed by atoms with Gasteiger partial charge in [0.2, 0.25) is 0 Å². The molecule has 2 aromatic carbocycles. The van der Waals surface area contributed by atoms with Gasteiger partial charge in [0.05, 0.1) is 17.4 Å². The molecular weight excluding hydrogens is 373 g/mol. The monoisotopic (exact) mass is 397 g/mol. The topological polar surface area (TPSA) is 88.1 Å². The Bertz CT molecular complexity index is 1040. The first-order valence-electron chi connectivity index (χ1n) is 9.40. The summed E-state index contributed by atoms with van der Waals surface area (Å²) in [5.74, 6) is -0.503. The van der Waals surface area contributed by atoms with Crippen molar-refractivity contribution in [3.05, 3.63) is 59.7 Å². The Labute approximate surface area is 168 Å². The zero-order valence-electron chi connectivity index (χ0n) is 16.6. The molecule has 1 aromatic heterocycles. The minimum Gasteiger partial charge on any atom is -0.350 e. The quantitative estimate of drug-likeness (QED) is 0.595. The van der Waals surface area contributed by atoms with Crippen molar-refractivity contribution in [1.82, 2.24) is 20.2 Å². The van der Waals surface area contributed by atoms with E-state index in [1.54, 1.807) is 37.5 Å². The molecule has 152 valence electrons. The van der Waals surface area contributed by atoms with Crippen LogP contribution in [0.3, 0.4) is 0 Å². The van der Waals surface area contributed by atoms with E-state index in [1.165, 1.54) is 6.07 Å². The van der Waals surface area contributed by atoms with Gasteiger partial charge in [-0.2, -0.15) is 0 Å². The third-order valence-electron chi connectivity index (χ3n) is 4.37. The number of halogens is 1. The number of amides is 3. The van der Waals surface area contributed by atoms with E-state index >= 15 is 0 Å². The Morgan fingerprint density at radius 2 is 1.97 bits per heavy atom. The van der Waals surface area contributed by atoms with E-state index in [4.69, 9.17) is 0 Å². The number of carbonyl (C=O) groups is 2. The Morgan fingerprint density at radius 1 is 1.17 bits per heavy atom. The second-order valence-corrected chi connectivity index (χ2v) is 7.11. The minimum absolute atomic E-state index is 0.0596. The molecule has 0 spiro atoms. The molecule has 0 aliphatic heterocycles. The van der Waals surface area contributed by atoms with Gasteiger partial charge >= 0.3 is 6.03 Å². The highest BCUT2D eigenvalue weighted by Gasteiger charge is 2.10. The molecular formula is C21H24FN5O2.